The van der Waals surface area contributed by atoms with E-state index in [-0.39, 0.29) is 29.8 Å². The Bertz CT molecular complexity index is 1120. The topological polar surface area (TPSA) is 70.0 Å². The molecule has 0 amide bonds. The number of rotatable bonds is 6. The SMILES string of the molecule is CN=C(NCCc1c[nH]c2cc(F)ccc12)NCc1cnn(-c2ccccc2)c1.I. The van der Waals surface area contributed by atoms with Gasteiger partial charge in [-0.25, -0.2) is 9.07 Å². The lowest BCUT2D eigenvalue weighted by atomic mass is 10.1. The van der Waals surface area contributed by atoms with Gasteiger partial charge in [0, 0.05) is 49.0 Å². The summed E-state index contributed by atoms with van der Waals surface area (Å²) in [6, 6.07) is 14.8. The zero-order valence-corrected chi connectivity index (χ0v) is 18.9. The molecular formula is C22H24FIN6. The molecule has 0 aliphatic heterocycles. The number of aliphatic imine (C=N–C) groups is 1. The monoisotopic (exact) mass is 518 g/mol. The first kappa shape index (κ1) is 21.8. The van der Waals surface area contributed by atoms with E-state index in [1.807, 2.05) is 59.7 Å². The number of hydrogen-bond acceptors (Lipinski definition) is 2. The fourth-order valence-corrected chi connectivity index (χ4v) is 3.26. The Morgan fingerprint density at radius 1 is 1.17 bits per heavy atom. The molecule has 0 aliphatic carbocycles. The number of H-pyrrole nitrogens is 1. The second kappa shape index (κ2) is 10.2. The Kier molecular flexibility index (Phi) is 7.45. The van der Waals surface area contributed by atoms with Gasteiger partial charge in [0.05, 0.1) is 11.9 Å². The first-order chi connectivity index (χ1) is 14.2. The molecule has 2 heterocycles. The van der Waals surface area contributed by atoms with Crippen LogP contribution in [0.15, 0.2) is 72.1 Å². The lowest BCUT2D eigenvalue weighted by Crippen LogP contribution is -2.37. The summed E-state index contributed by atoms with van der Waals surface area (Å²) in [4.78, 5) is 7.39. The minimum absolute atomic E-state index is 0. The van der Waals surface area contributed by atoms with E-state index in [4.69, 9.17) is 0 Å². The van der Waals surface area contributed by atoms with E-state index in [0.717, 1.165) is 40.1 Å². The molecule has 6 nitrogen and oxygen atoms in total. The number of nitrogens with one attached hydrogen (secondary N) is 3. The van der Waals surface area contributed by atoms with E-state index < -0.39 is 0 Å². The Morgan fingerprint density at radius 3 is 2.80 bits per heavy atom. The highest BCUT2D eigenvalue weighted by atomic mass is 127. The highest BCUT2D eigenvalue weighted by molar-refractivity contribution is 14.0. The summed E-state index contributed by atoms with van der Waals surface area (Å²) in [5, 5.41) is 12.1. The van der Waals surface area contributed by atoms with Gasteiger partial charge in [0.25, 0.3) is 0 Å². The van der Waals surface area contributed by atoms with E-state index >= 15 is 0 Å². The lowest BCUT2D eigenvalue weighted by molar-refractivity contribution is 0.629. The van der Waals surface area contributed by atoms with Gasteiger partial charge in [-0.1, -0.05) is 18.2 Å². The van der Waals surface area contributed by atoms with Crippen molar-refractivity contribution < 1.29 is 4.39 Å². The van der Waals surface area contributed by atoms with Crippen LogP contribution in [0.4, 0.5) is 4.39 Å². The largest absolute Gasteiger partial charge is 0.361 e. The molecule has 30 heavy (non-hydrogen) atoms. The maximum atomic E-state index is 13.3. The molecule has 2 aromatic carbocycles. The number of halogens is 2. The van der Waals surface area contributed by atoms with E-state index in [0.29, 0.717) is 13.1 Å². The highest BCUT2D eigenvalue weighted by Crippen LogP contribution is 2.19. The van der Waals surface area contributed by atoms with Gasteiger partial charge in [-0.15, -0.1) is 24.0 Å². The van der Waals surface area contributed by atoms with Gasteiger partial charge in [0.15, 0.2) is 5.96 Å². The van der Waals surface area contributed by atoms with E-state index in [1.165, 1.54) is 12.1 Å². The van der Waals surface area contributed by atoms with Crippen molar-refractivity contribution >= 4 is 40.8 Å². The number of hydrogen-bond donors (Lipinski definition) is 3. The third-order valence-electron chi connectivity index (χ3n) is 4.76. The Morgan fingerprint density at radius 2 is 2.00 bits per heavy atom. The molecular weight excluding hydrogens is 494 g/mol. The average molecular weight is 518 g/mol. The number of aromatic nitrogens is 3. The average Bonchev–Trinajstić information content (AvgIpc) is 3.38. The van der Waals surface area contributed by atoms with Crippen molar-refractivity contribution in [3.05, 3.63) is 84.1 Å². The van der Waals surface area contributed by atoms with Gasteiger partial charge < -0.3 is 15.6 Å². The minimum atomic E-state index is -0.232. The van der Waals surface area contributed by atoms with Crippen LogP contribution in [-0.4, -0.2) is 34.3 Å². The third-order valence-corrected chi connectivity index (χ3v) is 4.76. The zero-order valence-electron chi connectivity index (χ0n) is 16.6. The molecule has 0 bridgehead atoms. The molecule has 0 radical (unpaired) electrons. The highest BCUT2D eigenvalue weighted by Gasteiger charge is 2.06. The van der Waals surface area contributed by atoms with Gasteiger partial charge in [0.1, 0.15) is 5.82 Å². The molecule has 0 spiro atoms. The number of benzene rings is 2. The van der Waals surface area contributed by atoms with E-state index in [1.54, 1.807) is 7.05 Å². The summed E-state index contributed by atoms with van der Waals surface area (Å²) in [6.07, 6.45) is 6.58. The Labute approximate surface area is 191 Å². The number of fused-ring (bicyclic) bond motifs is 1. The summed E-state index contributed by atoms with van der Waals surface area (Å²) in [7, 11) is 1.75. The molecule has 0 aliphatic rings. The van der Waals surface area contributed by atoms with Crippen LogP contribution in [0.1, 0.15) is 11.1 Å². The molecule has 8 heteroatoms. The first-order valence-electron chi connectivity index (χ1n) is 9.52. The lowest BCUT2D eigenvalue weighted by Gasteiger charge is -2.11. The summed E-state index contributed by atoms with van der Waals surface area (Å²) in [5.74, 6) is 0.493. The van der Waals surface area contributed by atoms with Crippen LogP contribution in [0, 0.1) is 5.82 Å². The summed E-state index contributed by atoms with van der Waals surface area (Å²) in [5.41, 5.74) is 4.06. The molecule has 0 unspecified atom stereocenters. The van der Waals surface area contributed by atoms with Gasteiger partial charge in [-0.3, -0.25) is 4.99 Å². The molecule has 156 valence electrons. The quantitative estimate of drug-likeness (QED) is 0.205. The predicted molar refractivity (Wildman–Crippen MR) is 129 cm³/mol. The third kappa shape index (κ3) is 5.18. The maximum absolute atomic E-state index is 13.3. The number of para-hydroxylation sites is 1. The van der Waals surface area contributed by atoms with Crippen LogP contribution in [0.2, 0.25) is 0 Å². The minimum Gasteiger partial charge on any atom is -0.361 e. The number of nitrogens with zero attached hydrogens (tertiary/aromatic N) is 3. The van der Waals surface area contributed by atoms with Crippen LogP contribution in [-0.2, 0) is 13.0 Å². The van der Waals surface area contributed by atoms with Crippen LogP contribution in [0.25, 0.3) is 16.6 Å². The Hall–Kier alpha value is -2.88. The van der Waals surface area contributed by atoms with Crippen molar-refractivity contribution in [1.82, 2.24) is 25.4 Å². The van der Waals surface area contributed by atoms with Crippen molar-refractivity contribution in [1.29, 1.82) is 0 Å². The smallest absolute Gasteiger partial charge is 0.191 e. The molecule has 0 saturated heterocycles. The number of guanidine groups is 1. The van der Waals surface area contributed by atoms with Crippen molar-refractivity contribution in [2.75, 3.05) is 13.6 Å². The second-order valence-corrected chi connectivity index (χ2v) is 6.74. The molecule has 0 fully saturated rings. The van der Waals surface area contributed by atoms with Crippen LogP contribution in [0.5, 0.6) is 0 Å². The number of aromatic amines is 1. The van der Waals surface area contributed by atoms with Gasteiger partial charge in [-0.05, 0) is 42.3 Å². The molecule has 4 aromatic rings. The van der Waals surface area contributed by atoms with Crippen molar-refractivity contribution in [3.8, 4) is 5.69 Å². The van der Waals surface area contributed by atoms with Gasteiger partial charge in [-0.2, -0.15) is 5.10 Å². The van der Waals surface area contributed by atoms with Crippen LogP contribution < -0.4 is 10.6 Å². The van der Waals surface area contributed by atoms with Gasteiger partial charge in [0.2, 0.25) is 0 Å². The van der Waals surface area contributed by atoms with Gasteiger partial charge >= 0.3 is 0 Å². The summed E-state index contributed by atoms with van der Waals surface area (Å²) >= 11 is 0. The molecule has 4 rings (SSSR count). The second-order valence-electron chi connectivity index (χ2n) is 6.74. The fraction of sp³-hybridized carbons (Fsp3) is 0.182. The molecule has 0 saturated carbocycles. The maximum Gasteiger partial charge on any atom is 0.191 e. The molecule has 3 N–H and O–H groups in total. The zero-order chi connectivity index (χ0) is 20.1. The Balaban J connectivity index is 0.00000256. The summed E-state index contributed by atoms with van der Waals surface area (Å²) in [6.45, 7) is 1.34. The normalized spacial score (nSPS) is 11.3. The van der Waals surface area contributed by atoms with Crippen LogP contribution >= 0.6 is 24.0 Å². The first-order valence-corrected chi connectivity index (χ1v) is 9.52. The van der Waals surface area contributed by atoms with Crippen molar-refractivity contribution in [3.63, 3.8) is 0 Å². The standard InChI is InChI=1S/C22H23FN6.HI/c1-24-22(25-10-9-17-14-26-21-11-18(23)7-8-20(17)21)27-12-16-13-28-29(15-16)19-5-3-2-4-6-19;/h2-8,11,13-15,26H,9-10,12H2,1H3,(H2,24,25,27);1H. The molecule has 2 aromatic heterocycles. The van der Waals surface area contributed by atoms with Crippen LogP contribution in [0.3, 0.4) is 0 Å². The predicted octanol–water partition coefficient (Wildman–Crippen LogP) is 4.02. The summed E-state index contributed by atoms with van der Waals surface area (Å²) < 4.78 is 15.2. The van der Waals surface area contributed by atoms with Crippen molar-refractivity contribution in [2.24, 2.45) is 4.99 Å². The van der Waals surface area contributed by atoms with E-state index in [2.05, 4.69) is 25.7 Å². The molecule has 0 atom stereocenters. The fourth-order valence-electron chi connectivity index (χ4n) is 3.26. The van der Waals surface area contributed by atoms with E-state index in [9.17, 15) is 4.39 Å². The van der Waals surface area contributed by atoms with Crippen molar-refractivity contribution in [2.45, 2.75) is 13.0 Å².